The Hall–Kier alpha value is -2.64. The standard InChI is InChI=1S/C11H11N5O3/c17-11(12-4-3-10-13-15-16-14-10)7-1-2-8-9(5-7)19-6-18-8/h1-2,5H,3-4,6H2,(H,12,17)(H,13,14,15,16). The topological polar surface area (TPSA) is 102 Å². The summed E-state index contributed by atoms with van der Waals surface area (Å²) in [4.78, 5) is 11.9. The molecule has 2 N–H and O–H groups in total. The zero-order valence-electron chi connectivity index (χ0n) is 9.92. The molecule has 8 nitrogen and oxygen atoms in total. The van der Waals surface area contributed by atoms with Crippen molar-refractivity contribution in [2.75, 3.05) is 13.3 Å². The van der Waals surface area contributed by atoms with Crippen LogP contribution >= 0.6 is 0 Å². The maximum atomic E-state index is 11.9. The highest BCUT2D eigenvalue weighted by molar-refractivity contribution is 5.94. The molecule has 0 aliphatic carbocycles. The highest BCUT2D eigenvalue weighted by atomic mass is 16.7. The Morgan fingerprint density at radius 3 is 3.11 bits per heavy atom. The molecule has 0 saturated carbocycles. The first-order chi connectivity index (χ1) is 9.33. The van der Waals surface area contributed by atoms with Gasteiger partial charge in [-0.2, -0.15) is 5.21 Å². The zero-order valence-corrected chi connectivity index (χ0v) is 9.92. The number of nitrogens with one attached hydrogen (secondary N) is 2. The lowest BCUT2D eigenvalue weighted by Gasteiger charge is -2.04. The molecule has 8 heteroatoms. The lowest BCUT2D eigenvalue weighted by molar-refractivity contribution is 0.0953. The summed E-state index contributed by atoms with van der Waals surface area (Å²) in [6.45, 7) is 0.630. The molecule has 0 radical (unpaired) electrons. The number of nitrogens with zero attached hydrogens (tertiary/aromatic N) is 3. The molecule has 0 bridgehead atoms. The Morgan fingerprint density at radius 1 is 1.37 bits per heavy atom. The third-order valence-electron chi connectivity index (χ3n) is 2.66. The fourth-order valence-electron chi connectivity index (χ4n) is 1.72. The average Bonchev–Trinajstić information content (AvgIpc) is 3.08. The van der Waals surface area contributed by atoms with Gasteiger partial charge in [0.15, 0.2) is 17.3 Å². The minimum Gasteiger partial charge on any atom is -0.454 e. The summed E-state index contributed by atoms with van der Waals surface area (Å²) in [5.74, 6) is 1.63. The second kappa shape index (κ2) is 4.92. The molecule has 1 aliphatic rings. The number of hydrogen-bond donors (Lipinski definition) is 2. The van der Waals surface area contributed by atoms with E-state index in [2.05, 4.69) is 25.9 Å². The number of amides is 1. The summed E-state index contributed by atoms with van der Waals surface area (Å²) in [5.41, 5.74) is 0.525. The maximum absolute atomic E-state index is 11.9. The van der Waals surface area contributed by atoms with Crippen LogP contribution in [0.3, 0.4) is 0 Å². The predicted molar refractivity (Wildman–Crippen MR) is 62.8 cm³/mol. The minimum atomic E-state index is -0.179. The molecule has 0 spiro atoms. The molecule has 1 aliphatic heterocycles. The van der Waals surface area contributed by atoms with E-state index in [1.807, 2.05) is 0 Å². The number of aromatic amines is 1. The second-order valence-corrected chi connectivity index (χ2v) is 3.90. The number of rotatable bonds is 4. The molecule has 0 saturated heterocycles. The van der Waals surface area contributed by atoms with Crippen LogP contribution in [0.1, 0.15) is 16.2 Å². The molecule has 1 amide bonds. The van der Waals surface area contributed by atoms with E-state index in [1.54, 1.807) is 18.2 Å². The van der Waals surface area contributed by atoms with E-state index in [4.69, 9.17) is 9.47 Å². The van der Waals surface area contributed by atoms with Gasteiger partial charge in [0, 0.05) is 18.5 Å². The van der Waals surface area contributed by atoms with Crippen LogP contribution in [0.15, 0.2) is 18.2 Å². The number of aromatic nitrogens is 4. The van der Waals surface area contributed by atoms with E-state index >= 15 is 0 Å². The number of benzene rings is 1. The summed E-state index contributed by atoms with van der Waals surface area (Å²) in [6.07, 6.45) is 0.521. The van der Waals surface area contributed by atoms with Gasteiger partial charge >= 0.3 is 0 Å². The Kier molecular flexibility index (Phi) is 2.97. The van der Waals surface area contributed by atoms with Gasteiger partial charge in [0.05, 0.1) is 0 Å². The van der Waals surface area contributed by atoms with Crippen LogP contribution in [-0.4, -0.2) is 39.9 Å². The van der Waals surface area contributed by atoms with Gasteiger partial charge in [0.1, 0.15) is 0 Å². The SMILES string of the molecule is O=C(NCCc1nn[nH]n1)c1ccc2c(c1)OCO2. The second-order valence-electron chi connectivity index (χ2n) is 3.90. The van der Waals surface area contributed by atoms with Gasteiger partial charge in [0.25, 0.3) is 5.91 Å². The van der Waals surface area contributed by atoms with Gasteiger partial charge in [-0.1, -0.05) is 5.21 Å². The van der Waals surface area contributed by atoms with Crippen LogP contribution < -0.4 is 14.8 Å². The van der Waals surface area contributed by atoms with E-state index in [0.717, 1.165) is 0 Å². The molecule has 98 valence electrons. The van der Waals surface area contributed by atoms with Crippen molar-refractivity contribution in [1.29, 1.82) is 0 Å². The first-order valence-corrected chi connectivity index (χ1v) is 5.73. The third kappa shape index (κ3) is 2.46. The molecule has 2 heterocycles. The normalized spacial score (nSPS) is 12.4. The number of hydrogen-bond acceptors (Lipinski definition) is 6. The summed E-state index contributed by atoms with van der Waals surface area (Å²) in [6, 6.07) is 5.07. The van der Waals surface area contributed by atoms with Crippen molar-refractivity contribution >= 4 is 5.91 Å². The Bertz CT molecular complexity index is 584. The van der Waals surface area contributed by atoms with Gasteiger partial charge in [-0.25, -0.2) is 0 Å². The van der Waals surface area contributed by atoms with Crippen molar-refractivity contribution in [3.8, 4) is 11.5 Å². The molecule has 1 aromatic heterocycles. The largest absolute Gasteiger partial charge is 0.454 e. The van der Waals surface area contributed by atoms with E-state index in [9.17, 15) is 4.79 Å². The minimum absolute atomic E-state index is 0.179. The quantitative estimate of drug-likeness (QED) is 0.796. The number of ether oxygens (including phenoxy) is 2. The van der Waals surface area contributed by atoms with Gasteiger partial charge in [0.2, 0.25) is 6.79 Å². The molecular weight excluding hydrogens is 250 g/mol. The highest BCUT2D eigenvalue weighted by Crippen LogP contribution is 2.32. The van der Waals surface area contributed by atoms with Crippen molar-refractivity contribution in [1.82, 2.24) is 25.9 Å². The lowest BCUT2D eigenvalue weighted by Crippen LogP contribution is -2.25. The van der Waals surface area contributed by atoms with Crippen LogP contribution in [0.4, 0.5) is 0 Å². The van der Waals surface area contributed by atoms with Crippen LogP contribution in [0, 0.1) is 0 Å². The molecule has 0 atom stereocenters. The third-order valence-corrected chi connectivity index (χ3v) is 2.66. The highest BCUT2D eigenvalue weighted by Gasteiger charge is 2.15. The fourth-order valence-corrected chi connectivity index (χ4v) is 1.72. The van der Waals surface area contributed by atoms with E-state index in [-0.39, 0.29) is 12.7 Å². The number of carbonyl (C=O) groups is 1. The van der Waals surface area contributed by atoms with Crippen LogP contribution in [0.25, 0.3) is 0 Å². The molecular formula is C11H11N5O3. The van der Waals surface area contributed by atoms with Gasteiger partial charge in [-0.05, 0) is 18.2 Å². The molecule has 19 heavy (non-hydrogen) atoms. The summed E-state index contributed by atoms with van der Waals surface area (Å²) in [5, 5.41) is 16.2. The average molecular weight is 261 g/mol. The van der Waals surface area contributed by atoms with Crippen molar-refractivity contribution in [2.45, 2.75) is 6.42 Å². The smallest absolute Gasteiger partial charge is 0.251 e. The predicted octanol–water partition coefficient (Wildman–Crippen LogP) is -0.0991. The lowest BCUT2D eigenvalue weighted by atomic mass is 10.2. The Morgan fingerprint density at radius 2 is 2.26 bits per heavy atom. The van der Waals surface area contributed by atoms with Crippen molar-refractivity contribution < 1.29 is 14.3 Å². The van der Waals surface area contributed by atoms with E-state index < -0.39 is 0 Å². The molecule has 2 aromatic rings. The van der Waals surface area contributed by atoms with Gasteiger partial charge < -0.3 is 14.8 Å². The zero-order chi connectivity index (χ0) is 13.1. The van der Waals surface area contributed by atoms with Crippen molar-refractivity contribution in [3.63, 3.8) is 0 Å². The molecule has 3 rings (SSSR count). The number of tetrazole rings is 1. The summed E-state index contributed by atoms with van der Waals surface area (Å²) < 4.78 is 10.4. The van der Waals surface area contributed by atoms with Crippen LogP contribution in [0.5, 0.6) is 11.5 Å². The van der Waals surface area contributed by atoms with E-state index in [1.165, 1.54) is 0 Å². The number of carbonyl (C=O) groups excluding carboxylic acids is 1. The number of fused-ring (bicyclic) bond motifs is 1. The summed E-state index contributed by atoms with van der Waals surface area (Å²) in [7, 11) is 0. The number of H-pyrrole nitrogens is 1. The van der Waals surface area contributed by atoms with E-state index in [0.29, 0.717) is 35.9 Å². The Balaban J connectivity index is 1.58. The van der Waals surface area contributed by atoms with Gasteiger partial charge in [-0.3, -0.25) is 4.79 Å². The van der Waals surface area contributed by atoms with Crippen LogP contribution in [0.2, 0.25) is 0 Å². The maximum Gasteiger partial charge on any atom is 0.251 e. The monoisotopic (exact) mass is 261 g/mol. The molecule has 0 unspecified atom stereocenters. The molecule has 1 aromatic carbocycles. The fraction of sp³-hybridized carbons (Fsp3) is 0.273. The van der Waals surface area contributed by atoms with Crippen LogP contribution in [-0.2, 0) is 6.42 Å². The molecule has 0 fully saturated rings. The Labute approximate surface area is 108 Å². The van der Waals surface area contributed by atoms with Gasteiger partial charge in [-0.15, -0.1) is 10.2 Å². The first-order valence-electron chi connectivity index (χ1n) is 5.73. The summed E-state index contributed by atoms with van der Waals surface area (Å²) >= 11 is 0. The van der Waals surface area contributed by atoms with Crippen molar-refractivity contribution in [3.05, 3.63) is 29.6 Å². The first kappa shape index (κ1) is 11.5. The van der Waals surface area contributed by atoms with Crippen molar-refractivity contribution in [2.24, 2.45) is 0 Å².